The number of thioether (sulfide) groups is 1. The highest BCUT2D eigenvalue weighted by Gasteiger charge is 2.19. The molecule has 0 saturated carbocycles. The zero-order valence-electron chi connectivity index (χ0n) is 18.9. The molecule has 6 nitrogen and oxygen atoms in total. The lowest BCUT2D eigenvalue weighted by atomic mass is 10.1. The number of para-hydroxylation sites is 2. The molecular weight excluding hydrogens is 517 g/mol. The molecule has 36 heavy (non-hydrogen) atoms. The van der Waals surface area contributed by atoms with Gasteiger partial charge in [-0.3, -0.25) is 10.1 Å². The topological polar surface area (TPSA) is 79.0 Å². The van der Waals surface area contributed by atoms with Gasteiger partial charge < -0.3 is 10.0 Å². The molecule has 0 unspecified atom stereocenters. The fraction of sp³-hybridized carbons (Fsp3) is 0.0741. The summed E-state index contributed by atoms with van der Waals surface area (Å²) in [5.41, 5.74) is 1.89. The number of phenolic OH excluding ortho intramolecular Hbond substituents is 1. The number of rotatable bonds is 7. The Bertz CT molecular complexity index is 1400. The predicted molar refractivity (Wildman–Crippen MR) is 146 cm³/mol. The summed E-state index contributed by atoms with van der Waals surface area (Å²) in [7, 11) is 0. The van der Waals surface area contributed by atoms with E-state index in [-0.39, 0.29) is 17.1 Å². The molecule has 4 aromatic carbocycles. The number of hydrogen-bond acceptors (Lipinski definition) is 5. The van der Waals surface area contributed by atoms with Crippen LogP contribution in [-0.2, 0) is 13.1 Å². The second-order valence-electron chi connectivity index (χ2n) is 7.83. The molecule has 9 heteroatoms. The Balaban J connectivity index is 1.82. The molecule has 0 aliphatic rings. The van der Waals surface area contributed by atoms with Crippen LogP contribution in [0.5, 0.6) is 5.75 Å². The van der Waals surface area contributed by atoms with Gasteiger partial charge in [-0.2, -0.15) is 0 Å². The van der Waals surface area contributed by atoms with Crippen LogP contribution >= 0.6 is 35.0 Å². The number of aromatic hydroxyl groups is 1. The molecule has 0 spiro atoms. The standard InChI is InChI=1S/C27H21Cl2N3O3S/c28-23-14-13-20(16-24(23)29)18-31(17-19-7-6-8-21(33)15-19)27(36-22-9-2-1-3-10-22)30-25-11-4-5-12-26(25)32(34)35/h1-16,33H,17-18H2. The van der Waals surface area contributed by atoms with Crippen LogP contribution in [0.25, 0.3) is 0 Å². The first-order valence-electron chi connectivity index (χ1n) is 10.9. The van der Waals surface area contributed by atoms with Crippen LogP contribution in [-0.4, -0.2) is 20.1 Å². The fourth-order valence-electron chi connectivity index (χ4n) is 3.49. The molecule has 0 heterocycles. The van der Waals surface area contributed by atoms with Crippen molar-refractivity contribution in [2.75, 3.05) is 0 Å². The Kier molecular flexibility index (Phi) is 8.48. The molecule has 0 amide bonds. The number of nitro benzene ring substituents is 1. The monoisotopic (exact) mass is 537 g/mol. The van der Waals surface area contributed by atoms with Crippen LogP contribution in [0.15, 0.2) is 107 Å². The first-order chi connectivity index (χ1) is 17.4. The molecule has 1 N–H and O–H groups in total. The van der Waals surface area contributed by atoms with Crippen LogP contribution in [0.2, 0.25) is 10.0 Å². The third-order valence-electron chi connectivity index (χ3n) is 5.16. The van der Waals surface area contributed by atoms with E-state index < -0.39 is 4.92 Å². The highest BCUT2D eigenvalue weighted by Crippen LogP contribution is 2.32. The van der Waals surface area contributed by atoms with E-state index >= 15 is 0 Å². The third-order valence-corrected chi connectivity index (χ3v) is 6.94. The van der Waals surface area contributed by atoms with E-state index in [4.69, 9.17) is 28.2 Å². The fourth-order valence-corrected chi connectivity index (χ4v) is 4.72. The summed E-state index contributed by atoms with van der Waals surface area (Å²) in [6.07, 6.45) is 0. The average molecular weight is 538 g/mol. The van der Waals surface area contributed by atoms with E-state index in [1.807, 2.05) is 47.4 Å². The third kappa shape index (κ3) is 6.79. The number of nitrogens with zero attached hydrogens (tertiary/aromatic N) is 3. The van der Waals surface area contributed by atoms with E-state index in [1.165, 1.54) is 17.8 Å². The molecule has 0 aromatic heterocycles. The maximum Gasteiger partial charge on any atom is 0.294 e. The minimum Gasteiger partial charge on any atom is -0.508 e. The summed E-state index contributed by atoms with van der Waals surface area (Å²) in [5, 5.41) is 23.1. The molecule has 0 radical (unpaired) electrons. The van der Waals surface area contributed by atoms with Gasteiger partial charge in [-0.1, -0.05) is 83.5 Å². The number of amidine groups is 1. The minimum absolute atomic E-state index is 0.0875. The van der Waals surface area contributed by atoms with E-state index in [0.717, 1.165) is 16.0 Å². The summed E-state index contributed by atoms with van der Waals surface area (Å²) >= 11 is 13.8. The molecule has 0 fully saturated rings. The van der Waals surface area contributed by atoms with Crippen molar-refractivity contribution in [2.45, 2.75) is 18.0 Å². The zero-order valence-corrected chi connectivity index (χ0v) is 21.2. The van der Waals surface area contributed by atoms with Crippen molar-refractivity contribution in [3.63, 3.8) is 0 Å². The van der Waals surface area contributed by atoms with Gasteiger partial charge in [0.25, 0.3) is 5.69 Å². The van der Waals surface area contributed by atoms with Crippen molar-refractivity contribution in [1.82, 2.24) is 4.90 Å². The number of halogens is 2. The number of hydrogen-bond donors (Lipinski definition) is 1. The van der Waals surface area contributed by atoms with E-state index in [9.17, 15) is 15.2 Å². The molecule has 4 aromatic rings. The summed E-state index contributed by atoms with van der Waals surface area (Å²) in [5.74, 6) is 0.148. The first-order valence-corrected chi connectivity index (χ1v) is 12.5. The number of benzene rings is 4. The van der Waals surface area contributed by atoms with Crippen LogP contribution in [0.4, 0.5) is 11.4 Å². The number of phenols is 1. The molecule has 0 saturated heterocycles. The zero-order chi connectivity index (χ0) is 25.5. The Hall–Kier alpha value is -3.52. The van der Waals surface area contributed by atoms with Gasteiger partial charge in [0.1, 0.15) is 11.4 Å². The Morgan fingerprint density at radius 3 is 2.25 bits per heavy atom. The Labute approximate surface area is 223 Å². The van der Waals surface area contributed by atoms with Crippen molar-refractivity contribution >= 4 is 51.5 Å². The van der Waals surface area contributed by atoms with Crippen LogP contribution in [0.3, 0.4) is 0 Å². The number of aliphatic imine (C=N–C) groups is 1. The largest absolute Gasteiger partial charge is 0.508 e. The maximum atomic E-state index is 11.7. The van der Waals surface area contributed by atoms with Crippen molar-refractivity contribution in [3.05, 3.63) is 128 Å². The molecule has 182 valence electrons. The number of nitro groups is 1. The molecule has 0 aliphatic heterocycles. The maximum absolute atomic E-state index is 11.7. The SMILES string of the molecule is O=[N+]([O-])c1ccccc1N=C(Sc1ccccc1)N(Cc1cccc(O)c1)Cc1ccc(Cl)c(Cl)c1. The van der Waals surface area contributed by atoms with Crippen molar-refractivity contribution in [3.8, 4) is 5.75 Å². The summed E-state index contributed by atoms with van der Waals surface area (Å²) in [4.78, 5) is 18.9. The lowest BCUT2D eigenvalue weighted by Crippen LogP contribution is -2.28. The molecule has 0 aliphatic carbocycles. The van der Waals surface area contributed by atoms with Gasteiger partial charge in [0, 0.05) is 24.1 Å². The quantitative estimate of drug-likeness (QED) is 0.0846. The van der Waals surface area contributed by atoms with E-state index in [0.29, 0.717) is 28.3 Å². The molecule has 0 atom stereocenters. The highest BCUT2D eigenvalue weighted by molar-refractivity contribution is 8.13. The van der Waals surface area contributed by atoms with Crippen LogP contribution < -0.4 is 0 Å². The molecular formula is C27H21Cl2N3O3S. The lowest BCUT2D eigenvalue weighted by molar-refractivity contribution is -0.384. The summed E-state index contributed by atoms with van der Waals surface area (Å²) in [6.45, 7) is 0.778. The highest BCUT2D eigenvalue weighted by atomic mass is 35.5. The first kappa shape index (κ1) is 25.6. The second kappa shape index (κ2) is 11.9. The van der Waals surface area contributed by atoms with Gasteiger partial charge in [-0.05, 0) is 53.6 Å². The summed E-state index contributed by atoms with van der Waals surface area (Å²) in [6, 6.07) is 28.4. The van der Waals surface area contributed by atoms with Crippen molar-refractivity contribution in [2.24, 2.45) is 4.99 Å². The van der Waals surface area contributed by atoms with Gasteiger partial charge >= 0.3 is 0 Å². The Morgan fingerprint density at radius 2 is 1.56 bits per heavy atom. The van der Waals surface area contributed by atoms with Gasteiger partial charge in [-0.25, -0.2) is 4.99 Å². The van der Waals surface area contributed by atoms with Crippen molar-refractivity contribution < 1.29 is 10.0 Å². The van der Waals surface area contributed by atoms with Gasteiger partial charge in [-0.15, -0.1) is 0 Å². The second-order valence-corrected chi connectivity index (χ2v) is 9.68. The van der Waals surface area contributed by atoms with Crippen LogP contribution in [0.1, 0.15) is 11.1 Å². The van der Waals surface area contributed by atoms with Gasteiger partial charge in [0.15, 0.2) is 5.17 Å². The molecule has 4 rings (SSSR count). The van der Waals surface area contributed by atoms with E-state index in [2.05, 4.69) is 0 Å². The average Bonchev–Trinajstić information content (AvgIpc) is 2.86. The van der Waals surface area contributed by atoms with Crippen molar-refractivity contribution in [1.29, 1.82) is 0 Å². The lowest BCUT2D eigenvalue weighted by Gasteiger charge is -2.26. The minimum atomic E-state index is -0.442. The predicted octanol–water partition coefficient (Wildman–Crippen LogP) is 8.09. The van der Waals surface area contributed by atoms with Gasteiger partial charge in [0.05, 0.1) is 15.0 Å². The smallest absolute Gasteiger partial charge is 0.294 e. The molecule has 0 bridgehead atoms. The Morgan fingerprint density at radius 1 is 0.861 bits per heavy atom. The summed E-state index contributed by atoms with van der Waals surface area (Å²) < 4.78 is 0. The normalized spacial score (nSPS) is 11.3. The van der Waals surface area contributed by atoms with Crippen LogP contribution in [0, 0.1) is 10.1 Å². The van der Waals surface area contributed by atoms with Gasteiger partial charge in [0.2, 0.25) is 0 Å². The van der Waals surface area contributed by atoms with E-state index in [1.54, 1.807) is 48.5 Å².